The van der Waals surface area contributed by atoms with Gasteiger partial charge in [-0.2, -0.15) is 0 Å². The van der Waals surface area contributed by atoms with E-state index in [4.69, 9.17) is 22.1 Å². The van der Waals surface area contributed by atoms with Gasteiger partial charge in [-0.25, -0.2) is 14.8 Å². The molecule has 0 spiro atoms. The average molecular weight is 287 g/mol. The van der Waals surface area contributed by atoms with Crippen molar-refractivity contribution in [2.45, 2.75) is 39.3 Å². The van der Waals surface area contributed by atoms with Crippen molar-refractivity contribution >= 4 is 17.7 Å². The summed E-state index contributed by atoms with van der Waals surface area (Å²) >= 11 is 5.75. The van der Waals surface area contributed by atoms with Crippen molar-refractivity contribution in [2.24, 2.45) is 5.73 Å². The van der Waals surface area contributed by atoms with E-state index >= 15 is 0 Å². The predicted molar refractivity (Wildman–Crippen MR) is 72.9 cm³/mol. The Labute approximate surface area is 117 Å². The molecule has 0 aromatic carbocycles. The first kappa shape index (κ1) is 15.7. The van der Waals surface area contributed by atoms with Gasteiger partial charge in [0.1, 0.15) is 5.60 Å². The Morgan fingerprint density at radius 2 is 2.16 bits per heavy atom. The van der Waals surface area contributed by atoms with Gasteiger partial charge in [0, 0.05) is 12.2 Å². The summed E-state index contributed by atoms with van der Waals surface area (Å²) < 4.78 is 5.11. The molecule has 0 bridgehead atoms. The van der Waals surface area contributed by atoms with Gasteiger partial charge in [0.25, 0.3) is 0 Å². The number of hydrogen-bond acceptors (Lipinski definition) is 5. The molecule has 1 unspecified atom stereocenters. The van der Waals surface area contributed by atoms with E-state index in [1.165, 1.54) is 0 Å². The summed E-state index contributed by atoms with van der Waals surface area (Å²) in [5.74, 6) is 0. The van der Waals surface area contributed by atoms with Crippen LogP contribution in [0.2, 0.25) is 5.28 Å². The molecular formula is C12H19ClN4O2. The third-order valence-electron chi connectivity index (χ3n) is 2.09. The van der Waals surface area contributed by atoms with Crippen LogP contribution in [0, 0.1) is 6.92 Å². The summed E-state index contributed by atoms with van der Waals surface area (Å²) in [7, 11) is 0. The third kappa shape index (κ3) is 5.85. The van der Waals surface area contributed by atoms with Crippen molar-refractivity contribution in [1.82, 2.24) is 15.3 Å². The largest absolute Gasteiger partial charge is 0.444 e. The van der Waals surface area contributed by atoms with E-state index < -0.39 is 17.7 Å². The highest BCUT2D eigenvalue weighted by molar-refractivity contribution is 6.28. The van der Waals surface area contributed by atoms with Crippen molar-refractivity contribution in [1.29, 1.82) is 0 Å². The van der Waals surface area contributed by atoms with Crippen LogP contribution in [0.15, 0.2) is 6.07 Å². The van der Waals surface area contributed by atoms with Crippen LogP contribution < -0.4 is 11.1 Å². The van der Waals surface area contributed by atoms with Gasteiger partial charge in [0.05, 0.1) is 11.7 Å². The molecule has 6 nitrogen and oxygen atoms in total. The number of halogens is 1. The van der Waals surface area contributed by atoms with Crippen molar-refractivity contribution in [3.63, 3.8) is 0 Å². The minimum absolute atomic E-state index is 0.141. The monoisotopic (exact) mass is 286 g/mol. The van der Waals surface area contributed by atoms with E-state index in [0.717, 1.165) is 5.69 Å². The second-order valence-electron chi connectivity index (χ2n) is 5.19. The molecule has 1 atom stereocenters. The van der Waals surface area contributed by atoms with Crippen LogP contribution in [0.3, 0.4) is 0 Å². The Morgan fingerprint density at radius 3 is 2.68 bits per heavy atom. The minimum Gasteiger partial charge on any atom is -0.444 e. The number of amides is 1. The molecule has 1 aromatic rings. The van der Waals surface area contributed by atoms with Gasteiger partial charge in [-0.05, 0) is 45.4 Å². The Bertz CT molecular complexity index is 439. The summed E-state index contributed by atoms with van der Waals surface area (Å²) in [5.41, 5.74) is 6.69. The molecule has 0 saturated heterocycles. The highest BCUT2D eigenvalue weighted by Gasteiger charge is 2.17. The molecule has 1 heterocycles. The van der Waals surface area contributed by atoms with Gasteiger partial charge in [-0.15, -0.1) is 0 Å². The maximum atomic E-state index is 11.5. The Balaban J connectivity index is 2.56. The maximum Gasteiger partial charge on any atom is 0.407 e. The number of alkyl carbamates (subject to hydrolysis) is 1. The fourth-order valence-electron chi connectivity index (χ4n) is 1.36. The lowest BCUT2D eigenvalue weighted by atomic mass is 10.2. The summed E-state index contributed by atoms with van der Waals surface area (Å²) in [6.45, 7) is 7.38. The van der Waals surface area contributed by atoms with Gasteiger partial charge in [0.15, 0.2) is 0 Å². The van der Waals surface area contributed by atoms with Gasteiger partial charge in [0.2, 0.25) is 5.28 Å². The number of nitrogens with two attached hydrogens (primary N) is 1. The van der Waals surface area contributed by atoms with Crippen LogP contribution in [-0.2, 0) is 4.74 Å². The van der Waals surface area contributed by atoms with Crippen LogP contribution in [0.1, 0.15) is 38.2 Å². The molecule has 0 aliphatic heterocycles. The molecule has 0 saturated carbocycles. The number of ether oxygens (including phenoxy) is 1. The van der Waals surface area contributed by atoms with Crippen LogP contribution in [0.5, 0.6) is 0 Å². The summed E-state index contributed by atoms with van der Waals surface area (Å²) in [6.07, 6.45) is -0.514. The van der Waals surface area contributed by atoms with Gasteiger partial charge >= 0.3 is 6.09 Å². The molecule has 0 aliphatic carbocycles. The molecular weight excluding hydrogens is 268 g/mol. The molecule has 0 fully saturated rings. The van der Waals surface area contributed by atoms with Crippen molar-refractivity contribution in [3.8, 4) is 0 Å². The molecule has 3 N–H and O–H groups in total. The number of nitrogens with zero attached hydrogens (tertiary/aromatic N) is 2. The van der Waals surface area contributed by atoms with Crippen LogP contribution in [0.4, 0.5) is 4.79 Å². The molecule has 1 rings (SSSR count). The molecule has 1 amide bonds. The van der Waals surface area contributed by atoms with E-state index in [9.17, 15) is 4.79 Å². The zero-order valence-corrected chi connectivity index (χ0v) is 12.3. The quantitative estimate of drug-likeness (QED) is 0.829. The lowest BCUT2D eigenvalue weighted by Gasteiger charge is -2.20. The zero-order valence-electron chi connectivity index (χ0n) is 11.5. The molecule has 19 heavy (non-hydrogen) atoms. The van der Waals surface area contributed by atoms with Gasteiger partial charge in [-0.1, -0.05) is 0 Å². The van der Waals surface area contributed by atoms with E-state index in [1.807, 2.05) is 0 Å². The fraction of sp³-hybridized carbons (Fsp3) is 0.583. The SMILES string of the molecule is Cc1cc(C(N)CNC(=O)OC(C)(C)C)nc(Cl)n1. The van der Waals surface area contributed by atoms with E-state index in [1.54, 1.807) is 33.8 Å². The summed E-state index contributed by atoms with van der Waals surface area (Å²) in [5, 5.41) is 2.73. The number of aryl methyl sites for hydroxylation is 1. The lowest BCUT2D eigenvalue weighted by molar-refractivity contribution is 0.0524. The number of carbonyl (C=O) groups is 1. The number of nitrogens with one attached hydrogen (secondary N) is 1. The Morgan fingerprint density at radius 1 is 1.53 bits per heavy atom. The second kappa shape index (κ2) is 6.16. The van der Waals surface area contributed by atoms with E-state index in [2.05, 4.69) is 15.3 Å². The first-order valence-corrected chi connectivity index (χ1v) is 6.28. The van der Waals surface area contributed by atoms with Crippen molar-refractivity contribution in [3.05, 3.63) is 22.7 Å². The first-order chi connectivity index (χ1) is 8.67. The lowest BCUT2D eigenvalue weighted by Crippen LogP contribution is -2.36. The van der Waals surface area contributed by atoms with Crippen molar-refractivity contribution < 1.29 is 9.53 Å². The van der Waals surface area contributed by atoms with E-state index in [0.29, 0.717) is 5.69 Å². The van der Waals surface area contributed by atoms with Crippen LogP contribution >= 0.6 is 11.6 Å². The van der Waals surface area contributed by atoms with Gasteiger partial charge in [-0.3, -0.25) is 0 Å². The minimum atomic E-state index is -0.539. The molecule has 106 valence electrons. The highest BCUT2D eigenvalue weighted by atomic mass is 35.5. The Hall–Kier alpha value is -1.40. The standard InChI is InChI=1S/C12H19ClN4O2/c1-7-5-9(17-10(13)16-7)8(14)6-15-11(18)19-12(2,3)4/h5,8H,6,14H2,1-4H3,(H,15,18). The highest BCUT2D eigenvalue weighted by Crippen LogP contribution is 2.11. The fourth-order valence-corrected chi connectivity index (χ4v) is 1.59. The van der Waals surface area contributed by atoms with Crippen molar-refractivity contribution in [2.75, 3.05) is 6.54 Å². The topological polar surface area (TPSA) is 90.1 Å². The summed E-state index contributed by atoms with van der Waals surface area (Å²) in [4.78, 5) is 19.5. The number of rotatable bonds is 3. The second-order valence-corrected chi connectivity index (χ2v) is 5.53. The molecule has 7 heteroatoms. The normalized spacial score (nSPS) is 12.9. The number of hydrogen-bond donors (Lipinski definition) is 2. The molecule has 0 radical (unpaired) electrons. The summed E-state index contributed by atoms with van der Waals surface area (Å²) in [6, 6.07) is 1.26. The first-order valence-electron chi connectivity index (χ1n) is 5.91. The predicted octanol–water partition coefficient (Wildman–Crippen LogP) is 1.96. The van der Waals surface area contributed by atoms with Crippen LogP contribution in [-0.4, -0.2) is 28.2 Å². The Kier molecular flexibility index (Phi) is 5.08. The van der Waals surface area contributed by atoms with Crippen LogP contribution in [0.25, 0.3) is 0 Å². The zero-order chi connectivity index (χ0) is 14.6. The molecule has 1 aromatic heterocycles. The van der Waals surface area contributed by atoms with Gasteiger partial charge < -0.3 is 15.8 Å². The number of aromatic nitrogens is 2. The number of carbonyl (C=O) groups excluding carboxylic acids is 1. The smallest absolute Gasteiger partial charge is 0.407 e. The average Bonchev–Trinajstić information content (AvgIpc) is 2.22. The third-order valence-corrected chi connectivity index (χ3v) is 2.26. The maximum absolute atomic E-state index is 11.5. The van der Waals surface area contributed by atoms with E-state index in [-0.39, 0.29) is 11.8 Å². The molecule has 0 aliphatic rings.